The second-order valence-corrected chi connectivity index (χ2v) is 5.16. The summed E-state index contributed by atoms with van der Waals surface area (Å²) in [5, 5.41) is 10.6. The molecule has 100 valence electrons. The lowest BCUT2D eigenvalue weighted by Crippen LogP contribution is -2.38. The number of nitro groups is 1. The summed E-state index contributed by atoms with van der Waals surface area (Å²) in [6.45, 7) is 10.8. The van der Waals surface area contributed by atoms with Gasteiger partial charge in [-0.05, 0) is 40.2 Å². The van der Waals surface area contributed by atoms with Crippen molar-refractivity contribution < 1.29 is 4.92 Å². The normalized spacial score (nSPS) is 13.3. The van der Waals surface area contributed by atoms with E-state index in [0.29, 0.717) is 12.1 Å². The monoisotopic (exact) mass is 250 g/mol. The predicted molar refractivity (Wildman–Crippen MR) is 73.6 cm³/mol. The topological polar surface area (TPSA) is 46.4 Å². The Morgan fingerprint density at radius 2 is 1.44 bits per heavy atom. The average molecular weight is 250 g/mol. The molecule has 0 bridgehead atoms. The number of nitro benzene ring substituents is 1. The molecule has 1 rings (SSSR count). The Labute approximate surface area is 109 Å². The molecule has 0 amide bonds. The van der Waals surface area contributed by atoms with E-state index in [1.807, 2.05) is 12.1 Å². The second kappa shape index (κ2) is 5.96. The van der Waals surface area contributed by atoms with Crippen LogP contribution in [0.4, 0.5) is 5.69 Å². The zero-order chi connectivity index (χ0) is 13.9. The van der Waals surface area contributed by atoms with Gasteiger partial charge in [-0.3, -0.25) is 15.0 Å². The molecule has 1 unspecified atom stereocenters. The zero-order valence-electron chi connectivity index (χ0n) is 11.8. The summed E-state index contributed by atoms with van der Waals surface area (Å²) in [5.74, 6) is 0. The Kier molecular flexibility index (Phi) is 4.84. The van der Waals surface area contributed by atoms with Crippen molar-refractivity contribution in [3.63, 3.8) is 0 Å². The van der Waals surface area contributed by atoms with E-state index in [-0.39, 0.29) is 16.7 Å². The maximum Gasteiger partial charge on any atom is 0.269 e. The summed E-state index contributed by atoms with van der Waals surface area (Å²) in [6, 6.07) is 7.98. The largest absolute Gasteiger partial charge is 0.292 e. The number of hydrogen-bond acceptors (Lipinski definition) is 3. The van der Waals surface area contributed by atoms with Crippen LogP contribution in [0.5, 0.6) is 0 Å². The highest BCUT2D eigenvalue weighted by Crippen LogP contribution is 2.26. The molecular formula is C14H22N2O2. The Morgan fingerprint density at radius 3 is 1.78 bits per heavy atom. The van der Waals surface area contributed by atoms with Crippen molar-refractivity contribution in [3.8, 4) is 0 Å². The maximum atomic E-state index is 10.6. The first kappa shape index (κ1) is 14.6. The van der Waals surface area contributed by atoms with Gasteiger partial charge < -0.3 is 0 Å². The first-order valence-corrected chi connectivity index (χ1v) is 6.36. The van der Waals surface area contributed by atoms with Gasteiger partial charge in [0.1, 0.15) is 0 Å². The number of benzene rings is 1. The van der Waals surface area contributed by atoms with E-state index >= 15 is 0 Å². The molecule has 0 aliphatic rings. The van der Waals surface area contributed by atoms with Crippen molar-refractivity contribution in [2.45, 2.75) is 52.7 Å². The number of non-ortho nitro benzene ring substituents is 1. The molecule has 4 nitrogen and oxygen atoms in total. The number of rotatable bonds is 5. The molecule has 0 N–H and O–H groups in total. The third kappa shape index (κ3) is 3.29. The lowest BCUT2D eigenvalue weighted by atomic mass is 10.0. The van der Waals surface area contributed by atoms with Crippen LogP contribution in [0.2, 0.25) is 0 Å². The minimum Gasteiger partial charge on any atom is -0.292 e. The van der Waals surface area contributed by atoms with Crippen LogP contribution in [0, 0.1) is 10.1 Å². The molecular weight excluding hydrogens is 228 g/mol. The van der Waals surface area contributed by atoms with Crippen LogP contribution in [0.1, 0.15) is 46.2 Å². The Bertz CT molecular complexity index is 391. The van der Waals surface area contributed by atoms with Crippen molar-refractivity contribution in [2.75, 3.05) is 0 Å². The molecule has 18 heavy (non-hydrogen) atoms. The lowest BCUT2D eigenvalue weighted by molar-refractivity contribution is -0.384. The molecule has 0 aliphatic heterocycles. The summed E-state index contributed by atoms with van der Waals surface area (Å²) in [7, 11) is 0. The van der Waals surface area contributed by atoms with Crippen LogP contribution in [0.25, 0.3) is 0 Å². The summed E-state index contributed by atoms with van der Waals surface area (Å²) in [6.07, 6.45) is 0. The first-order chi connectivity index (χ1) is 8.34. The van der Waals surface area contributed by atoms with Crippen LogP contribution in [0.3, 0.4) is 0 Å². The van der Waals surface area contributed by atoms with Crippen molar-refractivity contribution in [3.05, 3.63) is 39.9 Å². The van der Waals surface area contributed by atoms with Gasteiger partial charge in [-0.25, -0.2) is 0 Å². The Morgan fingerprint density at radius 1 is 1.00 bits per heavy atom. The maximum absolute atomic E-state index is 10.6. The van der Waals surface area contributed by atoms with Gasteiger partial charge in [0.25, 0.3) is 5.69 Å². The molecule has 0 spiro atoms. The van der Waals surface area contributed by atoms with Gasteiger partial charge in [0.05, 0.1) is 4.92 Å². The molecule has 1 atom stereocenters. The molecule has 0 aromatic heterocycles. The van der Waals surface area contributed by atoms with Crippen LogP contribution in [0.15, 0.2) is 24.3 Å². The fourth-order valence-electron chi connectivity index (χ4n) is 2.54. The molecule has 1 aromatic rings. The van der Waals surface area contributed by atoms with Crippen LogP contribution < -0.4 is 0 Å². The number of hydrogen-bond donors (Lipinski definition) is 0. The van der Waals surface area contributed by atoms with Gasteiger partial charge in [0.2, 0.25) is 0 Å². The highest BCUT2D eigenvalue weighted by Gasteiger charge is 2.21. The van der Waals surface area contributed by atoms with E-state index in [0.717, 1.165) is 5.56 Å². The molecule has 1 aromatic carbocycles. The van der Waals surface area contributed by atoms with Gasteiger partial charge in [-0.15, -0.1) is 0 Å². The Balaban J connectivity index is 2.95. The standard InChI is InChI=1S/C14H22N2O2/c1-10(2)15(11(3)4)12(5)13-6-8-14(9-7-13)16(17)18/h6-12H,1-5H3. The minimum atomic E-state index is -0.364. The molecule has 0 saturated heterocycles. The van der Waals surface area contributed by atoms with E-state index in [1.54, 1.807) is 12.1 Å². The fraction of sp³-hybridized carbons (Fsp3) is 0.571. The highest BCUT2D eigenvalue weighted by molar-refractivity contribution is 5.34. The van der Waals surface area contributed by atoms with Crippen molar-refractivity contribution >= 4 is 5.69 Å². The predicted octanol–water partition coefficient (Wildman–Crippen LogP) is 3.77. The van der Waals surface area contributed by atoms with E-state index < -0.39 is 0 Å². The fourth-order valence-corrected chi connectivity index (χ4v) is 2.54. The molecule has 0 aliphatic carbocycles. The van der Waals surface area contributed by atoms with Crippen molar-refractivity contribution in [1.29, 1.82) is 0 Å². The smallest absolute Gasteiger partial charge is 0.269 e. The average Bonchev–Trinajstić information content (AvgIpc) is 2.28. The van der Waals surface area contributed by atoms with E-state index in [4.69, 9.17) is 0 Å². The minimum absolute atomic E-state index is 0.145. The van der Waals surface area contributed by atoms with Crippen LogP contribution in [-0.2, 0) is 0 Å². The third-order valence-electron chi connectivity index (χ3n) is 3.23. The summed E-state index contributed by atoms with van der Waals surface area (Å²) >= 11 is 0. The van der Waals surface area contributed by atoms with Crippen molar-refractivity contribution in [2.24, 2.45) is 0 Å². The summed E-state index contributed by atoms with van der Waals surface area (Å²) in [4.78, 5) is 12.7. The van der Waals surface area contributed by atoms with Crippen molar-refractivity contribution in [1.82, 2.24) is 4.90 Å². The summed E-state index contributed by atoms with van der Waals surface area (Å²) in [5.41, 5.74) is 1.26. The van der Waals surface area contributed by atoms with Gasteiger partial charge in [-0.2, -0.15) is 0 Å². The third-order valence-corrected chi connectivity index (χ3v) is 3.23. The molecule has 4 heteroatoms. The quantitative estimate of drug-likeness (QED) is 0.590. The molecule has 0 heterocycles. The van der Waals surface area contributed by atoms with E-state index in [1.165, 1.54) is 0 Å². The first-order valence-electron chi connectivity index (χ1n) is 6.36. The van der Waals surface area contributed by atoms with E-state index in [9.17, 15) is 10.1 Å². The zero-order valence-corrected chi connectivity index (χ0v) is 11.8. The second-order valence-electron chi connectivity index (χ2n) is 5.16. The molecule has 0 radical (unpaired) electrons. The SMILES string of the molecule is CC(C)N(C(C)C)C(C)c1ccc([N+](=O)[O-])cc1. The van der Waals surface area contributed by atoms with Gasteiger partial charge >= 0.3 is 0 Å². The lowest BCUT2D eigenvalue weighted by Gasteiger charge is -2.36. The molecule has 0 saturated carbocycles. The van der Waals surface area contributed by atoms with Gasteiger partial charge in [0, 0.05) is 30.3 Å². The van der Waals surface area contributed by atoms with Gasteiger partial charge in [-0.1, -0.05) is 12.1 Å². The molecule has 0 fully saturated rings. The van der Waals surface area contributed by atoms with Gasteiger partial charge in [0.15, 0.2) is 0 Å². The number of nitrogens with zero attached hydrogens (tertiary/aromatic N) is 2. The van der Waals surface area contributed by atoms with E-state index in [2.05, 4.69) is 39.5 Å². The van der Waals surface area contributed by atoms with Crippen LogP contribution >= 0.6 is 0 Å². The Hall–Kier alpha value is -1.42. The highest BCUT2D eigenvalue weighted by atomic mass is 16.6. The summed E-state index contributed by atoms with van der Waals surface area (Å²) < 4.78 is 0. The van der Waals surface area contributed by atoms with Crippen LogP contribution in [-0.4, -0.2) is 21.9 Å².